The van der Waals surface area contributed by atoms with Crippen molar-refractivity contribution in [3.8, 4) is 5.75 Å². The predicted molar refractivity (Wildman–Crippen MR) is 145 cm³/mol. The van der Waals surface area contributed by atoms with Gasteiger partial charge in [0.15, 0.2) is 6.61 Å². The summed E-state index contributed by atoms with van der Waals surface area (Å²) in [5.74, 6) is 0.424. The van der Waals surface area contributed by atoms with Gasteiger partial charge in [0, 0.05) is 24.0 Å². The van der Waals surface area contributed by atoms with Gasteiger partial charge in [-0.3, -0.25) is 9.59 Å². The summed E-state index contributed by atoms with van der Waals surface area (Å²) in [4.78, 5) is 28.7. The molecule has 3 aromatic rings. The first-order chi connectivity index (χ1) is 17.3. The molecule has 3 aromatic carbocycles. The Labute approximate surface area is 219 Å². The molecule has 0 aliphatic carbocycles. The molecule has 0 fully saturated rings. The average Bonchev–Trinajstić information content (AvgIpc) is 2.86. The molecule has 0 heterocycles. The van der Waals surface area contributed by atoms with E-state index in [1.165, 1.54) is 0 Å². The number of nitrogens with zero attached hydrogens (tertiary/aromatic N) is 1. The number of amides is 2. The Morgan fingerprint density at radius 3 is 2.19 bits per heavy atom. The van der Waals surface area contributed by atoms with Gasteiger partial charge in [0.05, 0.1) is 0 Å². The van der Waals surface area contributed by atoms with Crippen LogP contribution in [0.2, 0.25) is 5.02 Å². The Kier molecular flexibility index (Phi) is 9.95. The van der Waals surface area contributed by atoms with Gasteiger partial charge in [-0.15, -0.1) is 0 Å². The highest BCUT2D eigenvalue weighted by atomic mass is 35.5. The van der Waals surface area contributed by atoms with Gasteiger partial charge >= 0.3 is 0 Å². The number of hydrogen-bond donors (Lipinski definition) is 1. The number of hydrogen-bond acceptors (Lipinski definition) is 3. The lowest BCUT2D eigenvalue weighted by molar-refractivity contribution is -0.143. The highest BCUT2D eigenvalue weighted by Crippen LogP contribution is 2.26. The number of halogens is 1. The van der Waals surface area contributed by atoms with Crippen molar-refractivity contribution in [3.05, 3.63) is 101 Å². The van der Waals surface area contributed by atoms with E-state index in [2.05, 4.69) is 19.2 Å². The first-order valence-electron chi connectivity index (χ1n) is 12.3. The smallest absolute Gasteiger partial charge is 0.261 e. The number of carbonyl (C=O) groups is 2. The first kappa shape index (κ1) is 27.3. The zero-order chi connectivity index (χ0) is 26.1. The monoisotopic (exact) mass is 506 g/mol. The summed E-state index contributed by atoms with van der Waals surface area (Å²) in [6, 6.07) is 24.0. The normalized spacial score (nSPS) is 11.9. The van der Waals surface area contributed by atoms with Gasteiger partial charge in [-0.1, -0.05) is 92.2 Å². The Balaban J connectivity index is 1.94. The van der Waals surface area contributed by atoms with Crippen molar-refractivity contribution in [2.24, 2.45) is 0 Å². The molecule has 0 saturated carbocycles. The second kappa shape index (κ2) is 13.1. The van der Waals surface area contributed by atoms with Crippen molar-refractivity contribution in [2.45, 2.75) is 58.7 Å². The molecule has 190 valence electrons. The van der Waals surface area contributed by atoms with Gasteiger partial charge in [0.1, 0.15) is 11.8 Å². The molecule has 0 spiro atoms. The van der Waals surface area contributed by atoms with E-state index in [-0.39, 0.29) is 36.9 Å². The average molecular weight is 507 g/mol. The number of carbonyl (C=O) groups excluding carboxylic acids is 2. The van der Waals surface area contributed by atoms with Crippen LogP contribution in [0, 0.1) is 0 Å². The Morgan fingerprint density at radius 1 is 0.889 bits per heavy atom. The second-order valence-electron chi connectivity index (χ2n) is 9.46. The van der Waals surface area contributed by atoms with Crippen LogP contribution in [0.1, 0.15) is 50.3 Å². The Hall–Kier alpha value is -3.31. The van der Waals surface area contributed by atoms with Gasteiger partial charge in [-0.25, -0.2) is 0 Å². The van der Waals surface area contributed by atoms with Crippen LogP contribution in [0.5, 0.6) is 5.75 Å². The van der Waals surface area contributed by atoms with E-state index in [1.54, 1.807) is 11.0 Å². The lowest BCUT2D eigenvalue weighted by atomic mass is 10.0. The molecule has 6 heteroatoms. The standard InChI is InChI=1S/C30H35ClN2O3/c1-21(2)25-15-9-11-17-28(25)36-20-29(34)33(19-24-14-8-10-16-26(24)31)27(30(35)32-22(3)4)18-23-12-6-5-7-13-23/h5-17,21-22,27H,18-20H2,1-4H3,(H,32,35). The summed E-state index contributed by atoms with van der Waals surface area (Å²) in [6.45, 7) is 7.98. The van der Waals surface area contributed by atoms with Crippen LogP contribution in [0.15, 0.2) is 78.9 Å². The lowest BCUT2D eigenvalue weighted by Crippen LogP contribution is -2.52. The molecule has 0 aliphatic heterocycles. The van der Waals surface area contributed by atoms with Crippen molar-refractivity contribution >= 4 is 23.4 Å². The van der Waals surface area contributed by atoms with Crippen LogP contribution in [0.4, 0.5) is 0 Å². The first-order valence-corrected chi connectivity index (χ1v) is 12.7. The minimum absolute atomic E-state index is 0.0674. The summed E-state index contributed by atoms with van der Waals surface area (Å²) < 4.78 is 6.01. The number of nitrogens with one attached hydrogen (secondary N) is 1. The molecule has 36 heavy (non-hydrogen) atoms. The minimum Gasteiger partial charge on any atom is -0.483 e. The van der Waals surface area contributed by atoms with E-state index in [1.807, 2.05) is 86.6 Å². The SMILES string of the molecule is CC(C)NC(=O)C(Cc1ccccc1)N(Cc1ccccc1Cl)C(=O)COc1ccccc1C(C)C. The van der Waals surface area contributed by atoms with Crippen molar-refractivity contribution in [2.75, 3.05) is 6.61 Å². The van der Waals surface area contributed by atoms with Crippen LogP contribution < -0.4 is 10.1 Å². The van der Waals surface area contributed by atoms with Gasteiger partial charge < -0.3 is 15.0 Å². The fraction of sp³-hybridized carbons (Fsp3) is 0.333. The largest absolute Gasteiger partial charge is 0.483 e. The van der Waals surface area contributed by atoms with Crippen molar-refractivity contribution in [1.29, 1.82) is 0 Å². The molecule has 0 bridgehead atoms. The summed E-state index contributed by atoms with van der Waals surface area (Å²) in [6.07, 6.45) is 0.373. The molecule has 3 rings (SSSR count). The molecular formula is C30H35ClN2O3. The predicted octanol–water partition coefficient (Wildman–Crippen LogP) is 6.01. The van der Waals surface area contributed by atoms with Gasteiger partial charge in [-0.2, -0.15) is 0 Å². The summed E-state index contributed by atoms with van der Waals surface area (Å²) >= 11 is 6.46. The van der Waals surface area contributed by atoms with Gasteiger partial charge in [0.25, 0.3) is 5.91 Å². The fourth-order valence-corrected chi connectivity index (χ4v) is 4.25. The summed E-state index contributed by atoms with van der Waals surface area (Å²) in [5.41, 5.74) is 2.76. The van der Waals surface area contributed by atoms with E-state index in [0.717, 1.165) is 16.7 Å². The lowest BCUT2D eigenvalue weighted by Gasteiger charge is -2.32. The van der Waals surface area contributed by atoms with Gasteiger partial charge in [0.2, 0.25) is 5.91 Å². The molecule has 1 atom stereocenters. The third kappa shape index (κ3) is 7.59. The van der Waals surface area contributed by atoms with Crippen LogP contribution in [-0.4, -0.2) is 35.4 Å². The van der Waals surface area contributed by atoms with E-state index in [4.69, 9.17) is 16.3 Å². The number of ether oxygens (including phenoxy) is 1. The molecule has 0 aromatic heterocycles. The second-order valence-corrected chi connectivity index (χ2v) is 9.87. The Bertz CT molecular complexity index is 1150. The van der Waals surface area contributed by atoms with E-state index in [9.17, 15) is 9.59 Å². The topological polar surface area (TPSA) is 58.6 Å². The Morgan fingerprint density at radius 2 is 1.53 bits per heavy atom. The van der Waals surface area contributed by atoms with E-state index >= 15 is 0 Å². The van der Waals surface area contributed by atoms with Crippen LogP contribution in [0.25, 0.3) is 0 Å². The molecule has 1 unspecified atom stereocenters. The fourth-order valence-electron chi connectivity index (χ4n) is 4.06. The molecule has 1 N–H and O–H groups in total. The highest BCUT2D eigenvalue weighted by molar-refractivity contribution is 6.31. The number of rotatable bonds is 11. The molecule has 2 amide bonds. The van der Waals surface area contributed by atoms with Crippen LogP contribution in [0.3, 0.4) is 0 Å². The maximum absolute atomic E-state index is 13.7. The zero-order valence-electron chi connectivity index (χ0n) is 21.4. The van der Waals surface area contributed by atoms with Gasteiger partial charge in [-0.05, 0) is 48.6 Å². The van der Waals surface area contributed by atoms with Crippen molar-refractivity contribution in [3.63, 3.8) is 0 Å². The molecule has 0 aliphatic rings. The van der Waals surface area contributed by atoms with Crippen LogP contribution in [-0.2, 0) is 22.6 Å². The minimum atomic E-state index is -0.734. The molecule has 5 nitrogen and oxygen atoms in total. The van der Waals surface area contributed by atoms with Crippen molar-refractivity contribution < 1.29 is 14.3 Å². The number of benzene rings is 3. The van der Waals surface area contributed by atoms with Crippen molar-refractivity contribution in [1.82, 2.24) is 10.2 Å². The third-order valence-corrected chi connectivity index (χ3v) is 6.26. The quantitative estimate of drug-likeness (QED) is 0.346. The molecular weight excluding hydrogens is 472 g/mol. The molecule has 0 saturated heterocycles. The van der Waals surface area contributed by atoms with Crippen LogP contribution >= 0.6 is 11.6 Å². The van der Waals surface area contributed by atoms with E-state index < -0.39 is 6.04 Å². The third-order valence-electron chi connectivity index (χ3n) is 5.89. The summed E-state index contributed by atoms with van der Waals surface area (Å²) in [5, 5.41) is 3.54. The molecule has 0 radical (unpaired) electrons. The number of para-hydroxylation sites is 1. The zero-order valence-corrected chi connectivity index (χ0v) is 22.2. The maximum Gasteiger partial charge on any atom is 0.261 e. The highest BCUT2D eigenvalue weighted by Gasteiger charge is 2.31. The summed E-state index contributed by atoms with van der Waals surface area (Å²) in [7, 11) is 0. The van der Waals surface area contributed by atoms with E-state index in [0.29, 0.717) is 17.2 Å². The maximum atomic E-state index is 13.7.